The van der Waals surface area contributed by atoms with E-state index in [4.69, 9.17) is 16.3 Å². The number of ketones is 1. The van der Waals surface area contributed by atoms with Crippen molar-refractivity contribution in [1.29, 1.82) is 0 Å². The molecule has 1 saturated heterocycles. The molecule has 2 aliphatic heterocycles. The van der Waals surface area contributed by atoms with Crippen LogP contribution in [0.1, 0.15) is 30.5 Å². The number of fused-ring (bicyclic) bond motifs is 1. The number of ether oxygens (including phenoxy) is 1. The molecule has 2 aromatic rings. The normalized spacial score (nSPS) is 30.8. The summed E-state index contributed by atoms with van der Waals surface area (Å²) in [4.78, 5) is 29.3. The van der Waals surface area contributed by atoms with Gasteiger partial charge >= 0.3 is 5.56 Å². The predicted molar refractivity (Wildman–Crippen MR) is 98.0 cm³/mol. The van der Waals surface area contributed by atoms with Gasteiger partial charge in [-0.1, -0.05) is 17.7 Å². The Kier molecular flexibility index (Phi) is 3.74. The molecule has 3 unspecified atom stereocenters. The third-order valence-corrected chi connectivity index (χ3v) is 6.90. The van der Waals surface area contributed by atoms with Gasteiger partial charge in [-0.3, -0.25) is 14.2 Å². The average Bonchev–Trinajstić information content (AvgIpc) is 3.27. The highest BCUT2D eigenvalue weighted by Gasteiger charge is 2.80. The zero-order valence-electron chi connectivity index (χ0n) is 15.0. The highest BCUT2D eigenvalue weighted by Crippen LogP contribution is 2.66. The SMILES string of the molecule is O=C1C23CCc4cnc(O)c(=O)n4C12COC(Cc1ccc(F)c(Cl)c1)CC3. The number of Topliss-reactive ketones (excluding diaryl/α,β-unsaturated/α-hetero) is 1. The van der Waals surface area contributed by atoms with E-state index in [9.17, 15) is 19.1 Å². The van der Waals surface area contributed by atoms with Crippen LogP contribution in [0.3, 0.4) is 0 Å². The minimum Gasteiger partial charge on any atom is -0.489 e. The molecule has 3 aliphatic rings. The summed E-state index contributed by atoms with van der Waals surface area (Å²) < 4.78 is 20.9. The Balaban J connectivity index is 1.47. The number of hydrogen-bond acceptors (Lipinski definition) is 5. The molecule has 0 amide bonds. The number of aryl methyl sites for hydroxylation is 1. The van der Waals surface area contributed by atoms with Crippen LogP contribution in [0.2, 0.25) is 5.02 Å². The maximum atomic E-state index is 13.4. The van der Waals surface area contributed by atoms with Crippen molar-refractivity contribution >= 4 is 17.4 Å². The van der Waals surface area contributed by atoms with Crippen LogP contribution in [0.4, 0.5) is 4.39 Å². The molecule has 146 valence electrons. The second kappa shape index (κ2) is 5.87. The third-order valence-electron chi connectivity index (χ3n) is 6.61. The molecule has 28 heavy (non-hydrogen) atoms. The molecular formula is C20H18ClFN2O4. The van der Waals surface area contributed by atoms with Crippen LogP contribution >= 0.6 is 11.6 Å². The fourth-order valence-corrected chi connectivity index (χ4v) is 5.31. The summed E-state index contributed by atoms with van der Waals surface area (Å²) in [5.74, 6) is -1.06. The number of rotatable bonds is 2. The lowest BCUT2D eigenvalue weighted by Gasteiger charge is -2.29. The number of nitrogens with zero attached hydrogens (tertiary/aromatic N) is 2. The first-order valence-corrected chi connectivity index (χ1v) is 9.68. The number of aromatic nitrogens is 2. The molecule has 1 N–H and O–H groups in total. The number of hydrogen-bond donors (Lipinski definition) is 1. The van der Waals surface area contributed by atoms with Crippen molar-refractivity contribution in [2.45, 2.75) is 43.7 Å². The maximum absolute atomic E-state index is 13.4. The highest BCUT2D eigenvalue weighted by molar-refractivity contribution is 6.30. The van der Waals surface area contributed by atoms with E-state index in [2.05, 4.69) is 4.98 Å². The number of aromatic hydroxyl groups is 1. The Labute approximate surface area is 164 Å². The van der Waals surface area contributed by atoms with E-state index in [1.54, 1.807) is 12.1 Å². The maximum Gasteiger partial charge on any atom is 0.314 e. The summed E-state index contributed by atoms with van der Waals surface area (Å²) >= 11 is 5.87. The van der Waals surface area contributed by atoms with Crippen LogP contribution < -0.4 is 5.56 Å². The van der Waals surface area contributed by atoms with Crippen molar-refractivity contribution in [3.63, 3.8) is 0 Å². The van der Waals surface area contributed by atoms with Crippen LogP contribution in [0.25, 0.3) is 0 Å². The smallest absolute Gasteiger partial charge is 0.314 e. The second-order valence-electron chi connectivity index (χ2n) is 7.91. The van der Waals surface area contributed by atoms with E-state index >= 15 is 0 Å². The molecule has 1 aromatic heterocycles. The Morgan fingerprint density at radius 3 is 2.96 bits per heavy atom. The molecule has 5 rings (SSSR count). The zero-order chi connectivity index (χ0) is 19.7. The van der Waals surface area contributed by atoms with Crippen LogP contribution in [0.15, 0.2) is 29.2 Å². The first-order valence-electron chi connectivity index (χ1n) is 9.30. The molecular weight excluding hydrogens is 387 g/mol. The van der Waals surface area contributed by atoms with Crippen LogP contribution in [-0.2, 0) is 27.9 Å². The standard InChI is InChI=1S/C20H18ClFN2O4/c21-14-8-11(1-2-15(14)22)7-13-4-6-19-5-3-12-9-23-16(25)17(26)24(12)20(19,10-28-13)18(19)27/h1-2,8-9,13H,3-7,10H2,(H,23,25). The van der Waals surface area contributed by atoms with Crippen LogP contribution in [-0.4, -0.2) is 33.2 Å². The molecule has 1 aromatic carbocycles. The lowest BCUT2D eigenvalue weighted by atomic mass is 9.85. The topological polar surface area (TPSA) is 81.4 Å². The van der Waals surface area contributed by atoms with E-state index in [1.165, 1.54) is 16.8 Å². The molecule has 1 aliphatic carbocycles. The van der Waals surface area contributed by atoms with Gasteiger partial charge in [-0.15, -0.1) is 0 Å². The minimum absolute atomic E-state index is 0.00901. The average molecular weight is 405 g/mol. The molecule has 1 saturated carbocycles. The lowest BCUT2D eigenvalue weighted by Crippen LogP contribution is -2.43. The van der Waals surface area contributed by atoms with Crippen molar-refractivity contribution in [3.05, 3.63) is 56.8 Å². The summed E-state index contributed by atoms with van der Waals surface area (Å²) in [7, 11) is 0. The van der Waals surface area contributed by atoms with Gasteiger partial charge in [0, 0.05) is 5.69 Å². The molecule has 6 nitrogen and oxygen atoms in total. The van der Waals surface area contributed by atoms with E-state index in [0.717, 1.165) is 5.56 Å². The van der Waals surface area contributed by atoms with Gasteiger partial charge in [-0.25, -0.2) is 9.37 Å². The molecule has 0 spiro atoms. The molecule has 8 heteroatoms. The Bertz CT molecular complexity index is 1070. The van der Waals surface area contributed by atoms with Crippen molar-refractivity contribution in [2.24, 2.45) is 5.41 Å². The van der Waals surface area contributed by atoms with Crippen LogP contribution in [0, 0.1) is 11.2 Å². The summed E-state index contributed by atoms with van der Waals surface area (Å²) in [6.07, 6.45) is 4.32. The summed E-state index contributed by atoms with van der Waals surface area (Å²) in [6, 6.07) is 4.59. The Morgan fingerprint density at radius 1 is 1.36 bits per heavy atom. The molecule has 0 radical (unpaired) electrons. The highest BCUT2D eigenvalue weighted by atomic mass is 35.5. The summed E-state index contributed by atoms with van der Waals surface area (Å²) in [5.41, 5.74) is -0.799. The zero-order valence-corrected chi connectivity index (χ0v) is 15.7. The number of halogens is 2. The lowest BCUT2D eigenvalue weighted by molar-refractivity contribution is -0.116. The van der Waals surface area contributed by atoms with Gasteiger partial charge in [0.25, 0.3) is 5.88 Å². The molecule has 0 bridgehead atoms. The second-order valence-corrected chi connectivity index (χ2v) is 8.32. The summed E-state index contributed by atoms with van der Waals surface area (Å²) in [6.45, 7) is 0.0851. The molecule has 3 heterocycles. The third kappa shape index (κ3) is 2.20. The van der Waals surface area contributed by atoms with E-state index in [0.29, 0.717) is 37.8 Å². The van der Waals surface area contributed by atoms with Gasteiger partial charge in [0.05, 0.1) is 29.3 Å². The van der Waals surface area contributed by atoms with Gasteiger partial charge < -0.3 is 9.84 Å². The van der Waals surface area contributed by atoms with Gasteiger partial charge in [0.2, 0.25) is 0 Å². The van der Waals surface area contributed by atoms with E-state index < -0.39 is 28.2 Å². The number of carbonyl (C=O) groups excluding carboxylic acids is 1. The van der Waals surface area contributed by atoms with Gasteiger partial charge in [0.15, 0.2) is 5.78 Å². The Hall–Kier alpha value is -2.25. The van der Waals surface area contributed by atoms with Crippen molar-refractivity contribution < 1.29 is 19.0 Å². The molecule has 2 fully saturated rings. The first kappa shape index (κ1) is 17.8. The van der Waals surface area contributed by atoms with Gasteiger partial charge in [-0.05, 0) is 49.8 Å². The van der Waals surface area contributed by atoms with E-state index in [-0.39, 0.29) is 23.5 Å². The Morgan fingerprint density at radius 2 is 2.18 bits per heavy atom. The van der Waals surface area contributed by atoms with Crippen molar-refractivity contribution in [3.8, 4) is 5.88 Å². The number of benzene rings is 1. The van der Waals surface area contributed by atoms with Crippen molar-refractivity contribution in [2.75, 3.05) is 6.61 Å². The van der Waals surface area contributed by atoms with Gasteiger partial charge in [-0.2, -0.15) is 0 Å². The fraction of sp³-hybridized carbons (Fsp3) is 0.450. The largest absolute Gasteiger partial charge is 0.489 e. The first-order chi connectivity index (χ1) is 13.4. The predicted octanol–water partition coefficient (Wildman–Crippen LogP) is 2.37. The fourth-order valence-electron chi connectivity index (χ4n) is 5.11. The monoisotopic (exact) mass is 404 g/mol. The minimum atomic E-state index is -1.05. The summed E-state index contributed by atoms with van der Waals surface area (Å²) in [5, 5.41) is 9.88. The van der Waals surface area contributed by atoms with Gasteiger partial charge in [0.1, 0.15) is 11.4 Å². The van der Waals surface area contributed by atoms with Crippen LogP contribution in [0.5, 0.6) is 5.88 Å². The van der Waals surface area contributed by atoms with E-state index in [1.807, 2.05) is 0 Å². The number of carbonyl (C=O) groups is 1. The quantitative estimate of drug-likeness (QED) is 0.831. The van der Waals surface area contributed by atoms with Crippen molar-refractivity contribution in [1.82, 2.24) is 9.55 Å². The molecule has 3 atom stereocenters.